The zero-order valence-corrected chi connectivity index (χ0v) is 20.9. The number of anilines is 2. The van der Waals surface area contributed by atoms with Gasteiger partial charge in [0.15, 0.2) is 0 Å². The molecule has 1 heterocycles. The molecule has 1 aliphatic rings. The Bertz CT molecular complexity index is 1250. The predicted octanol–water partition coefficient (Wildman–Crippen LogP) is 3.02. The number of allylic oxidation sites excluding steroid dienone is 1. The van der Waals surface area contributed by atoms with E-state index in [4.69, 9.17) is 15.2 Å². The molecule has 0 bridgehead atoms. The Morgan fingerprint density at radius 3 is 2.78 bits per heavy atom. The molecule has 1 unspecified atom stereocenters. The molecule has 0 saturated carbocycles. The Kier molecular flexibility index (Phi) is 8.07. The number of nitrogens with zero attached hydrogens (tertiary/aromatic N) is 1. The van der Waals surface area contributed by atoms with Gasteiger partial charge in [-0.1, -0.05) is 24.5 Å². The van der Waals surface area contributed by atoms with E-state index in [-0.39, 0.29) is 18.4 Å². The van der Waals surface area contributed by atoms with Crippen LogP contribution in [0.3, 0.4) is 0 Å². The minimum absolute atomic E-state index is 0.0468. The molecule has 8 nitrogen and oxygen atoms in total. The van der Waals surface area contributed by atoms with E-state index in [1.165, 1.54) is 11.0 Å². The average molecular weight is 490 g/mol. The normalized spacial score (nSPS) is 16.5. The third-order valence-electron chi connectivity index (χ3n) is 5.31. The fourth-order valence-corrected chi connectivity index (χ4v) is 3.39. The van der Waals surface area contributed by atoms with Gasteiger partial charge < -0.3 is 30.5 Å². The molecular weight excluding hydrogens is 458 g/mol. The van der Waals surface area contributed by atoms with Crippen LogP contribution in [0.2, 0.25) is 0 Å². The molecule has 8 heteroatoms. The van der Waals surface area contributed by atoms with Crippen molar-refractivity contribution in [3.63, 3.8) is 0 Å². The van der Waals surface area contributed by atoms with Crippen molar-refractivity contribution in [1.29, 1.82) is 0 Å². The summed E-state index contributed by atoms with van der Waals surface area (Å²) in [6.07, 6.45) is 3.11. The van der Waals surface area contributed by atoms with Crippen LogP contribution in [-0.4, -0.2) is 42.2 Å². The Morgan fingerprint density at radius 1 is 1.36 bits per heavy atom. The lowest BCUT2D eigenvalue weighted by Gasteiger charge is -2.21. The van der Waals surface area contributed by atoms with Crippen molar-refractivity contribution < 1.29 is 24.2 Å². The second-order valence-electron chi connectivity index (χ2n) is 9.00. The molecule has 0 fully saturated rings. The van der Waals surface area contributed by atoms with Crippen molar-refractivity contribution in [2.75, 3.05) is 24.3 Å². The number of nitrogens with one attached hydrogen (secondary N) is 1. The van der Waals surface area contributed by atoms with Crippen LogP contribution < -0.4 is 25.4 Å². The monoisotopic (exact) mass is 489 g/mol. The van der Waals surface area contributed by atoms with Crippen LogP contribution in [0.5, 0.6) is 11.5 Å². The number of carbonyl (C=O) groups is 2. The Morgan fingerprint density at radius 2 is 2.11 bits per heavy atom. The molecule has 3 rings (SSSR count). The van der Waals surface area contributed by atoms with E-state index in [1.54, 1.807) is 76.4 Å². The van der Waals surface area contributed by atoms with Crippen LogP contribution in [0.1, 0.15) is 26.3 Å². The molecule has 0 aliphatic carbocycles. The molecule has 1 aliphatic heterocycles. The minimum atomic E-state index is -1.13. The topological polar surface area (TPSA) is 114 Å². The standard InChI is InChI=1S/C28H31N3O5/c1-6-21(36-22-9-7-8-20(29)16-22)14-18(2)26(32)30-23-17-35-25-15-19(12-13-28(3,4)34)10-11-24(25)31(5)27(23)33/h6-11,14-16,18,23,34H,1,17,29H2,2-5H3,(H,30,32)/b21-14+/t18?,23-/m0/s1. The average Bonchev–Trinajstić information content (AvgIpc) is 2.93. The number of amides is 2. The summed E-state index contributed by atoms with van der Waals surface area (Å²) in [4.78, 5) is 27.4. The molecule has 0 saturated heterocycles. The van der Waals surface area contributed by atoms with E-state index in [0.29, 0.717) is 34.2 Å². The molecule has 0 spiro atoms. The van der Waals surface area contributed by atoms with Gasteiger partial charge in [0.1, 0.15) is 35.5 Å². The number of nitrogen functional groups attached to an aromatic ring is 1. The van der Waals surface area contributed by atoms with Crippen LogP contribution >= 0.6 is 0 Å². The highest BCUT2D eigenvalue weighted by Gasteiger charge is 2.31. The summed E-state index contributed by atoms with van der Waals surface area (Å²) in [6.45, 7) is 8.57. The van der Waals surface area contributed by atoms with E-state index >= 15 is 0 Å². The number of rotatable bonds is 6. The van der Waals surface area contributed by atoms with Gasteiger partial charge in [-0.15, -0.1) is 0 Å². The highest BCUT2D eigenvalue weighted by atomic mass is 16.5. The summed E-state index contributed by atoms with van der Waals surface area (Å²) in [5.74, 6) is 5.71. The van der Waals surface area contributed by atoms with E-state index in [1.807, 2.05) is 0 Å². The van der Waals surface area contributed by atoms with Crippen molar-refractivity contribution in [1.82, 2.24) is 5.32 Å². The lowest BCUT2D eigenvalue weighted by Crippen LogP contribution is -2.50. The van der Waals surface area contributed by atoms with Crippen LogP contribution in [0.15, 0.2) is 67.0 Å². The molecule has 2 aromatic rings. The minimum Gasteiger partial charge on any atom is -0.489 e. The van der Waals surface area contributed by atoms with E-state index in [0.717, 1.165) is 0 Å². The molecule has 0 aromatic heterocycles. The number of benzene rings is 2. The van der Waals surface area contributed by atoms with Crippen LogP contribution in [0, 0.1) is 17.8 Å². The lowest BCUT2D eigenvalue weighted by atomic mass is 10.1. The van der Waals surface area contributed by atoms with E-state index in [2.05, 4.69) is 23.7 Å². The van der Waals surface area contributed by atoms with Crippen LogP contribution in [-0.2, 0) is 9.59 Å². The number of hydrogen-bond donors (Lipinski definition) is 3. The second kappa shape index (κ2) is 11.0. The van der Waals surface area contributed by atoms with Crippen molar-refractivity contribution >= 4 is 23.2 Å². The summed E-state index contributed by atoms with van der Waals surface area (Å²) < 4.78 is 11.6. The van der Waals surface area contributed by atoms with Gasteiger partial charge in [-0.2, -0.15) is 0 Å². The Balaban J connectivity index is 1.71. The fraction of sp³-hybridized carbons (Fsp3) is 0.286. The number of nitrogens with two attached hydrogens (primary N) is 1. The molecule has 2 aromatic carbocycles. The van der Waals surface area contributed by atoms with E-state index in [9.17, 15) is 14.7 Å². The third kappa shape index (κ3) is 6.90. The molecule has 36 heavy (non-hydrogen) atoms. The van der Waals surface area contributed by atoms with Crippen molar-refractivity contribution in [2.24, 2.45) is 5.92 Å². The van der Waals surface area contributed by atoms with Gasteiger partial charge in [0.25, 0.3) is 5.91 Å². The Labute approximate surface area is 211 Å². The van der Waals surface area contributed by atoms with Crippen molar-refractivity contribution in [2.45, 2.75) is 32.4 Å². The number of carbonyl (C=O) groups excluding carboxylic acids is 2. The second-order valence-corrected chi connectivity index (χ2v) is 9.00. The fourth-order valence-electron chi connectivity index (χ4n) is 3.39. The maximum Gasteiger partial charge on any atom is 0.252 e. The van der Waals surface area contributed by atoms with Gasteiger partial charge in [-0.25, -0.2) is 0 Å². The Hall–Kier alpha value is -4.22. The summed E-state index contributed by atoms with van der Waals surface area (Å²) >= 11 is 0. The largest absolute Gasteiger partial charge is 0.489 e. The van der Waals surface area contributed by atoms with Crippen LogP contribution in [0.4, 0.5) is 11.4 Å². The smallest absolute Gasteiger partial charge is 0.252 e. The van der Waals surface area contributed by atoms with Crippen molar-refractivity contribution in [3.8, 4) is 23.3 Å². The first-order valence-electron chi connectivity index (χ1n) is 11.4. The summed E-state index contributed by atoms with van der Waals surface area (Å²) in [5, 5.41) is 12.6. The molecule has 2 atom stereocenters. The molecule has 4 N–H and O–H groups in total. The summed E-state index contributed by atoms with van der Waals surface area (Å²) in [5.41, 5.74) is 6.40. The number of likely N-dealkylation sites (N-methyl/N-ethyl adjacent to an activating group) is 1. The zero-order valence-electron chi connectivity index (χ0n) is 20.9. The maximum absolute atomic E-state index is 13.1. The summed E-state index contributed by atoms with van der Waals surface area (Å²) in [6, 6.07) is 11.2. The number of hydrogen-bond acceptors (Lipinski definition) is 6. The highest BCUT2D eigenvalue weighted by molar-refractivity contribution is 6.01. The molecular formula is C28H31N3O5. The van der Waals surface area contributed by atoms with Gasteiger partial charge in [-0.3, -0.25) is 9.59 Å². The maximum atomic E-state index is 13.1. The number of fused-ring (bicyclic) bond motifs is 1. The zero-order chi connectivity index (χ0) is 26.5. The van der Waals surface area contributed by atoms with Gasteiger partial charge in [0.2, 0.25) is 5.91 Å². The first-order valence-corrected chi connectivity index (χ1v) is 11.4. The highest BCUT2D eigenvalue weighted by Crippen LogP contribution is 2.31. The van der Waals surface area contributed by atoms with Crippen molar-refractivity contribution in [3.05, 3.63) is 72.5 Å². The number of ether oxygens (including phenoxy) is 2. The predicted molar refractivity (Wildman–Crippen MR) is 139 cm³/mol. The molecule has 0 radical (unpaired) electrons. The van der Waals surface area contributed by atoms with Gasteiger partial charge in [0, 0.05) is 24.4 Å². The first-order chi connectivity index (χ1) is 17.0. The first kappa shape index (κ1) is 26.4. The summed E-state index contributed by atoms with van der Waals surface area (Å²) in [7, 11) is 1.62. The molecule has 188 valence electrons. The van der Waals surface area contributed by atoms with Gasteiger partial charge >= 0.3 is 0 Å². The SMILES string of the molecule is C=C/C(=C\C(C)C(=O)N[C@H]1COc2cc(C#CC(C)(C)O)ccc2N(C)C1=O)Oc1cccc(N)c1. The lowest BCUT2D eigenvalue weighted by molar-refractivity contribution is -0.129. The quantitative estimate of drug-likeness (QED) is 0.249. The van der Waals surface area contributed by atoms with Gasteiger partial charge in [-0.05, 0) is 63.3 Å². The number of aliphatic hydroxyl groups is 1. The van der Waals surface area contributed by atoms with E-state index < -0.39 is 17.6 Å². The van der Waals surface area contributed by atoms with Gasteiger partial charge in [0.05, 0.1) is 11.6 Å². The van der Waals surface area contributed by atoms with Crippen LogP contribution in [0.25, 0.3) is 0 Å². The molecule has 2 amide bonds. The third-order valence-corrected chi connectivity index (χ3v) is 5.31.